The Morgan fingerprint density at radius 2 is 2.21 bits per heavy atom. The molecule has 0 radical (unpaired) electrons. The van der Waals surface area contributed by atoms with E-state index in [1.54, 1.807) is 10.9 Å². The van der Waals surface area contributed by atoms with Crippen molar-refractivity contribution in [1.82, 2.24) is 19.1 Å². The van der Waals surface area contributed by atoms with Gasteiger partial charge in [-0.15, -0.1) is 0 Å². The summed E-state index contributed by atoms with van der Waals surface area (Å²) in [5.74, 6) is -0.606. The van der Waals surface area contributed by atoms with E-state index in [-0.39, 0.29) is 16.5 Å². The summed E-state index contributed by atoms with van der Waals surface area (Å²) >= 11 is 3.34. The lowest BCUT2D eigenvalue weighted by molar-refractivity contribution is 0.434. The van der Waals surface area contributed by atoms with Gasteiger partial charge in [0.2, 0.25) is 10.0 Å². The molecular weight excluding hydrogens is 400 g/mol. The van der Waals surface area contributed by atoms with E-state index in [2.05, 4.69) is 26.0 Å². The molecule has 1 unspecified atom stereocenters. The molecule has 3 heterocycles. The molecule has 1 aromatic carbocycles. The Bertz CT molecular complexity index is 1070. The number of aromatic amines is 1. The minimum atomic E-state index is -3.65. The number of rotatable bonds is 3. The Labute approximate surface area is 145 Å². The van der Waals surface area contributed by atoms with Gasteiger partial charge in [-0.2, -0.15) is 9.40 Å². The number of benzene rings is 1. The molecule has 1 aliphatic rings. The van der Waals surface area contributed by atoms with Crippen molar-refractivity contribution in [3.8, 4) is 0 Å². The smallest absolute Gasteiger partial charge is 0.408 e. The lowest BCUT2D eigenvalue weighted by Gasteiger charge is -2.16. The number of oxazole rings is 1. The van der Waals surface area contributed by atoms with Crippen molar-refractivity contribution in [2.75, 3.05) is 13.1 Å². The molecule has 0 spiro atoms. The van der Waals surface area contributed by atoms with Crippen molar-refractivity contribution in [2.45, 2.75) is 17.4 Å². The summed E-state index contributed by atoms with van der Waals surface area (Å²) in [7, 11) is -3.65. The SMILES string of the molecule is O=c1[nH]c2ccc(S(=O)(=O)N3CCC(n4cc(Br)cn4)C3)cc2o1. The van der Waals surface area contributed by atoms with Gasteiger partial charge in [-0.05, 0) is 34.5 Å². The number of halogens is 1. The van der Waals surface area contributed by atoms with Crippen molar-refractivity contribution in [2.24, 2.45) is 0 Å². The van der Waals surface area contributed by atoms with Crippen LogP contribution < -0.4 is 5.76 Å². The first kappa shape index (κ1) is 15.6. The van der Waals surface area contributed by atoms with Gasteiger partial charge in [0.25, 0.3) is 0 Å². The Balaban J connectivity index is 1.63. The molecule has 2 aromatic heterocycles. The van der Waals surface area contributed by atoms with Crippen LogP contribution in [0.2, 0.25) is 0 Å². The second-order valence-electron chi connectivity index (χ2n) is 5.62. The minimum absolute atomic E-state index is 0.00000307. The summed E-state index contributed by atoms with van der Waals surface area (Å²) in [5, 5.41) is 4.23. The third-order valence-corrected chi connectivity index (χ3v) is 6.37. The lowest BCUT2D eigenvalue weighted by Crippen LogP contribution is -2.29. The van der Waals surface area contributed by atoms with E-state index < -0.39 is 15.8 Å². The standard InChI is InChI=1S/C14H13BrN4O4S/c15-9-6-16-19(7-9)10-3-4-18(8-10)24(21,22)11-1-2-12-13(5-11)23-14(20)17-12/h1-2,5-7,10H,3-4,8H2,(H,17,20). The molecule has 10 heteroatoms. The van der Waals surface area contributed by atoms with Crippen LogP contribution in [0.4, 0.5) is 0 Å². The summed E-state index contributed by atoms with van der Waals surface area (Å²) < 4.78 is 34.7. The Hall–Kier alpha value is -1.91. The first-order chi connectivity index (χ1) is 11.4. The van der Waals surface area contributed by atoms with Crippen LogP contribution in [0.1, 0.15) is 12.5 Å². The van der Waals surface area contributed by atoms with Gasteiger partial charge in [-0.25, -0.2) is 13.2 Å². The molecular formula is C14H13BrN4O4S. The number of aromatic nitrogens is 3. The quantitative estimate of drug-likeness (QED) is 0.705. The number of fused-ring (bicyclic) bond motifs is 1. The molecule has 1 saturated heterocycles. The zero-order valence-corrected chi connectivity index (χ0v) is 14.7. The Kier molecular flexibility index (Phi) is 3.62. The highest BCUT2D eigenvalue weighted by Crippen LogP contribution is 2.28. The van der Waals surface area contributed by atoms with Gasteiger partial charge >= 0.3 is 5.76 Å². The van der Waals surface area contributed by atoms with Gasteiger partial charge in [0.1, 0.15) is 0 Å². The summed E-state index contributed by atoms with van der Waals surface area (Å²) in [6.45, 7) is 0.769. The number of hydrogen-bond donors (Lipinski definition) is 1. The second-order valence-corrected chi connectivity index (χ2v) is 8.47. The maximum atomic E-state index is 12.8. The Morgan fingerprint density at radius 1 is 1.38 bits per heavy atom. The number of nitrogens with one attached hydrogen (secondary N) is 1. The molecule has 1 aliphatic heterocycles. The third kappa shape index (κ3) is 2.60. The van der Waals surface area contributed by atoms with E-state index in [9.17, 15) is 13.2 Å². The highest BCUT2D eigenvalue weighted by molar-refractivity contribution is 9.10. The van der Waals surface area contributed by atoms with Crippen LogP contribution in [0.15, 0.2) is 49.2 Å². The molecule has 0 bridgehead atoms. The summed E-state index contributed by atoms with van der Waals surface area (Å²) in [6.07, 6.45) is 4.20. The molecule has 0 aliphatic carbocycles. The number of hydrogen-bond acceptors (Lipinski definition) is 5. The van der Waals surface area contributed by atoms with Crippen LogP contribution in [-0.2, 0) is 10.0 Å². The molecule has 126 valence electrons. The summed E-state index contributed by atoms with van der Waals surface area (Å²) in [6, 6.07) is 4.38. The fourth-order valence-corrected chi connectivity index (χ4v) is 4.70. The van der Waals surface area contributed by atoms with Crippen LogP contribution in [0.25, 0.3) is 11.1 Å². The predicted molar refractivity (Wildman–Crippen MR) is 89.2 cm³/mol. The molecule has 8 nitrogen and oxygen atoms in total. The fourth-order valence-electron chi connectivity index (χ4n) is 2.89. The fraction of sp³-hybridized carbons (Fsp3) is 0.286. The third-order valence-electron chi connectivity index (χ3n) is 4.10. The van der Waals surface area contributed by atoms with Crippen molar-refractivity contribution in [3.05, 3.63) is 45.6 Å². The van der Waals surface area contributed by atoms with E-state index in [1.165, 1.54) is 22.5 Å². The summed E-state index contributed by atoms with van der Waals surface area (Å²) in [5.41, 5.74) is 0.701. The zero-order chi connectivity index (χ0) is 16.9. The van der Waals surface area contributed by atoms with Crippen LogP contribution in [0.5, 0.6) is 0 Å². The van der Waals surface area contributed by atoms with Gasteiger partial charge in [-0.3, -0.25) is 9.67 Å². The Morgan fingerprint density at radius 3 is 2.96 bits per heavy atom. The first-order valence-electron chi connectivity index (χ1n) is 7.26. The second kappa shape index (κ2) is 5.57. The molecule has 1 N–H and O–H groups in total. The van der Waals surface area contributed by atoms with Gasteiger partial charge in [-0.1, -0.05) is 0 Å². The topological polar surface area (TPSA) is 101 Å². The maximum Gasteiger partial charge on any atom is 0.417 e. The van der Waals surface area contributed by atoms with E-state index in [0.717, 1.165) is 4.47 Å². The molecule has 3 aromatic rings. The minimum Gasteiger partial charge on any atom is -0.408 e. The molecule has 1 atom stereocenters. The van der Waals surface area contributed by atoms with Crippen molar-refractivity contribution in [3.63, 3.8) is 0 Å². The average Bonchev–Trinajstić information content (AvgIpc) is 3.23. The van der Waals surface area contributed by atoms with Gasteiger partial charge in [0.15, 0.2) is 5.58 Å². The highest BCUT2D eigenvalue weighted by Gasteiger charge is 2.34. The largest absolute Gasteiger partial charge is 0.417 e. The van der Waals surface area contributed by atoms with E-state index in [4.69, 9.17) is 4.42 Å². The summed E-state index contributed by atoms with van der Waals surface area (Å²) in [4.78, 5) is 13.8. The number of H-pyrrole nitrogens is 1. The molecule has 1 fully saturated rings. The molecule has 4 rings (SSSR count). The molecule has 24 heavy (non-hydrogen) atoms. The zero-order valence-electron chi connectivity index (χ0n) is 12.3. The van der Waals surface area contributed by atoms with Gasteiger partial charge in [0.05, 0.1) is 27.1 Å². The van der Waals surface area contributed by atoms with E-state index >= 15 is 0 Å². The van der Waals surface area contributed by atoms with Crippen molar-refractivity contribution >= 4 is 37.1 Å². The van der Waals surface area contributed by atoms with Gasteiger partial charge in [0, 0.05) is 25.4 Å². The predicted octanol–water partition coefficient (Wildman–Crippen LogP) is 1.72. The van der Waals surface area contributed by atoms with Crippen LogP contribution >= 0.6 is 15.9 Å². The van der Waals surface area contributed by atoms with E-state index in [1.807, 2.05) is 6.20 Å². The van der Waals surface area contributed by atoms with Crippen LogP contribution in [0, 0.1) is 0 Å². The number of nitrogens with zero attached hydrogens (tertiary/aromatic N) is 3. The van der Waals surface area contributed by atoms with Crippen molar-refractivity contribution in [1.29, 1.82) is 0 Å². The average molecular weight is 413 g/mol. The van der Waals surface area contributed by atoms with Crippen LogP contribution in [0.3, 0.4) is 0 Å². The highest BCUT2D eigenvalue weighted by atomic mass is 79.9. The van der Waals surface area contributed by atoms with E-state index in [0.29, 0.717) is 25.0 Å². The van der Waals surface area contributed by atoms with Gasteiger partial charge < -0.3 is 4.42 Å². The number of sulfonamides is 1. The monoisotopic (exact) mass is 412 g/mol. The molecule has 0 amide bonds. The normalized spacial score (nSPS) is 19.3. The first-order valence-corrected chi connectivity index (χ1v) is 9.49. The van der Waals surface area contributed by atoms with Crippen molar-refractivity contribution < 1.29 is 12.8 Å². The molecule has 0 saturated carbocycles. The van der Waals surface area contributed by atoms with Crippen LogP contribution in [-0.4, -0.2) is 40.6 Å². The lowest BCUT2D eigenvalue weighted by atomic mass is 10.3. The maximum absolute atomic E-state index is 12.8.